The van der Waals surface area contributed by atoms with E-state index in [1.165, 1.54) is 25.7 Å². The molecule has 0 aliphatic heterocycles. The average molecular weight is 133 g/mol. The van der Waals surface area contributed by atoms with E-state index in [1.54, 1.807) is 5.92 Å². The molecule has 0 bridgehead atoms. The van der Waals surface area contributed by atoms with E-state index in [2.05, 4.69) is 25.7 Å². The molecule has 5 radical (unpaired) electrons. The Morgan fingerprint density at radius 3 is 2.10 bits per heavy atom. The smallest absolute Gasteiger partial charge is 0.0199 e. The lowest BCUT2D eigenvalue weighted by molar-refractivity contribution is 0.524. The lowest BCUT2D eigenvalue weighted by Gasteiger charge is -2.33. The molecule has 0 aromatic carbocycles. The Morgan fingerprint density at radius 2 is 1.60 bits per heavy atom. The van der Waals surface area contributed by atoms with Crippen LogP contribution in [0.4, 0.5) is 0 Å². The van der Waals surface area contributed by atoms with Crippen LogP contribution < -0.4 is 0 Å². The third-order valence-corrected chi connectivity index (χ3v) is 2.40. The largest absolute Gasteiger partial charge is 0.0467 e. The van der Waals surface area contributed by atoms with Gasteiger partial charge in [-0.2, -0.15) is 0 Å². The Bertz CT molecular complexity index is 80.6. The zero-order valence-corrected chi connectivity index (χ0v) is 6.22. The first kappa shape index (κ1) is 6.69. The van der Waals surface area contributed by atoms with Crippen molar-refractivity contribution in [3.63, 3.8) is 0 Å². The Hall–Kier alpha value is 0. The molecule has 2 rings (SSSR count). The molecule has 2 aliphatic rings. The van der Waals surface area contributed by atoms with E-state index in [0.717, 1.165) is 5.92 Å². The third kappa shape index (κ3) is 1.21. The summed E-state index contributed by atoms with van der Waals surface area (Å²) in [6, 6.07) is 0. The minimum atomic E-state index is 0.759. The molecule has 0 amide bonds. The molecular weight excluding hydrogens is 120 g/mol. The fraction of sp³-hybridized carbons (Fsp3) is 0.500. The van der Waals surface area contributed by atoms with Crippen molar-refractivity contribution in [1.82, 2.24) is 0 Å². The first-order valence-electron chi connectivity index (χ1n) is 4.11. The van der Waals surface area contributed by atoms with Crippen LogP contribution >= 0.6 is 0 Å². The van der Waals surface area contributed by atoms with E-state index < -0.39 is 0 Å². The quantitative estimate of drug-likeness (QED) is 0.476. The summed E-state index contributed by atoms with van der Waals surface area (Å²) in [5.41, 5.74) is 0. The second-order valence-electron chi connectivity index (χ2n) is 3.11. The van der Waals surface area contributed by atoms with Gasteiger partial charge in [-0.25, -0.2) is 0 Å². The summed E-state index contributed by atoms with van der Waals surface area (Å²) in [6.45, 7) is 0. The molecular formula is C10H13. The van der Waals surface area contributed by atoms with Gasteiger partial charge in [0.05, 0.1) is 0 Å². The highest BCUT2D eigenvalue weighted by Gasteiger charge is 2.28. The normalized spacial score (nSPS) is 30.0. The van der Waals surface area contributed by atoms with Crippen LogP contribution in [0, 0.1) is 37.5 Å². The maximum atomic E-state index is 2.42. The highest BCUT2D eigenvalue weighted by molar-refractivity contribution is 5.20. The molecule has 0 aromatic rings. The predicted molar refractivity (Wildman–Crippen MR) is 42.4 cm³/mol. The molecule has 0 unspecified atom stereocenters. The molecule has 2 aliphatic carbocycles. The van der Waals surface area contributed by atoms with Gasteiger partial charge < -0.3 is 0 Å². The highest BCUT2D eigenvalue weighted by atomic mass is 14.3. The Morgan fingerprint density at radius 1 is 1.00 bits per heavy atom. The van der Waals surface area contributed by atoms with Gasteiger partial charge >= 0.3 is 0 Å². The monoisotopic (exact) mass is 133 g/mol. The summed E-state index contributed by atoms with van der Waals surface area (Å²) >= 11 is 0. The molecule has 0 aromatic heterocycles. The molecule has 0 spiro atoms. The van der Waals surface area contributed by atoms with E-state index >= 15 is 0 Å². The molecule has 0 N–H and O–H groups in total. The lowest BCUT2D eigenvalue weighted by Crippen LogP contribution is -2.22. The van der Waals surface area contributed by atoms with Crippen LogP contribution in [-0.4, -0.2) is 0 Å². The summed E-state index contributed by atoms with van der Waals surface area (Å²) in [5.74, 6) is 2.47. The summed E-state index contributed by atoms with van der Waals surface area (Å²) in [5, 5.41) is 0. The van der Waals surface area contributed by atoms with E-state index in [1.807, 2.05) is 0 Å². The SMILES string of the molecule is [CH]1C[CH]C2[CH]C[CH]C[C]2C1. The zero-order valence-electron chi connectivity index (χ0n) is 6.22. The third-order valence-electron chi connectivity index (χ3n) is 2.40. The zero-order chi connectivity index (χ0) is 6.81. The van der Waals surface area contributed by atoms with E-state index in [9.17, 15) is 0 Å². The molecule has 0 heteroatoms. The fourth-order valence-corrected chi connectivity index (χ4v) is 1.81. The van der Waals surface area contributed by atoms with E-state index in [0.29, 0.717) is 0 Å². The van der Waals surface area contributed by atoms with Crippen LogP contribution in [0.3, 0.4) is 0 Å². The van der Waals surface area contributed by atoms with Gasteiger partial charge in [0.15, 0.2) is 0 Å². The Labute approximate surface area is 64.0 Å². The van der Waals surface area contributed by atoms with Crippen molar-refractivity contribution < 1.29 is 0 Å². The number of hydrogen-bond acceptors (Lipinski definition) is 0. The number of rotatable bonds is 0. The van der Waals surface area contributed by atoms with Crippen molar-refractivity contribution in [2.45, 2.75) is 25.7 Å². The van der Waals surface area contributed by atoms with Gasteiger partial charge in [0.25, 0.3) is 0 Å². The van der Waals surface area contributed by atoms with Crippen molar-refractivity contribution in [1.29, 1.82) is 0 Å². The molecule has 0 saturated heterocycles. The van der Waals surface area contributed by atoms with Crippen LogP contribution in [0.25, 0.3) is 0 Å². The van der Waals surface area contributed by atoms with Gasteiger partial charge in [-0.3, -0.25) is 0 Å². The van der Waals surface area contributed by atoms with Crippen molar-refractivity contribution >= 4 is 0 Å². The van der Waals surface area contributed by atoms with Crippen molar-refractivity contribution in [3.8, 4) is 0 Å². The number of fused-ring (bicyclic) bond motifs is 1. The van der Waals surface area contributed by atoms with Crippen LogP contribution in [-0.2, 0) is 0 Å². The van der Waals surface area contributed by atoms with Crippen LogP contribution in [0.5, 0.6) is 0 Å². The maximum Gasteiger partial charge on any atom is -0.0199 e. The summed E-state index contributed by atoms with van der Waals surface area (Å²) in [4.78, 5) is 0. The van der Waals surface area contributed by atoms with Gasteiger partial charge in [-0.15, -0.1) is 0 Å². The molecule has 0 atom stereocenters. The Balaban J connectivity index is 1.93. The maximum absolute atomic E-state index is 2.42. The van der Waals surface area contributed by atoms with Crippen molar-refractivity contribution in [2.75, 3.05) is 0 Å². The minimum Gasteiger partial charge on any atom is -0.0467 e. The first-order chi connectivity index (χ1) is 4.97. The molecule has 0 heterocycles. The van der Waals surface area contributed by atoms with Gasteiger partial charge in [0, 0.05) is 0 Å². The van der Waals surface area contributed by atoms with Crippen molar-refractivity contribution in [3.05, 3.63) is 31.6 Å². The fourth-order valence-electron chi connectivity index (χ4n) is 1.81. The summed E-state index contributed by atoms with van der Waals surface area (Å²) in [6.07, 6.45) is 14.5. The second kappa shape index (κ2) is 2.94. The highest BCUT2D eigenvalue weighted by Crippen LogP contribution is 2.39. The molecule has 2 fully saturated rings. The topological polar surface area (TPSA) is 0 Å². The molecule has 53 valence electrons. The minimum absolute atomic E-state index is 0.759. The summed E-state index contributed by atoms with van der Waals surface area (Å²) < 4.78 is 0. The van der Waals surface area contributed by atoms with E-state index in [4.69, 9.17) is 0 Å². The number of hydrogen-bond donors (Lipinski definition) is 0. The van der Waals surface area contributed by atoms with E-state index in [-0.39, 0.29) is 0 Å². The van der Waals surface area contributed by atoms with Gasteiger partial charge in [0.2, 0.25) is 0 Å². The predicted octanol–water partition coefficient (Wildman–Crippen LogP) is 2.58. The van der Waals surface area contributed by atoms with Crippen LogP contribution in [0.2, 0.25) is 0 Å². The lowest BCUT2D eigenvalue weighted by atomic mass is 9.71. The standard InChI is InChI=1S/C10H13/c1-2-6-10-8-4-3-7-9(10)5-1/h1,3,6,8,10H,2,4-5,7H2. The Kier molecular flexibility index (Phi) is 1.97. The van der Waals surface area contributed by atoms with Crippen LogP contribution in [0.1, 0.15) is 25.7 Å². The van der Waals surface area contributed by atoms with Gasteiger partial charge in [-0.1, -0.05) is 0 Å². The van der Waals surface area contributed by atoms with Crippen LogP contribution in [0.15, 0.2) is 0 Å². The molecule has 2 saturated carbocycles. The molecule has 0 nitrogen and oxygen atoms in total. The van der Waals surface area contributed by atoms with Gasteiger partial charge in [-0.05, 0) is 63.2 Å². The van der Waals surface area contributed by atoms with Crippen molar-refractivity contribution in [2.24, 2.45) is 5.92 Å². The average Bonchev–Trinajstić information content (AvgIpc) is 2.05. The van der Waals surface area contributed by atoms with Gasteiger partial charge in [0.1, 0.15) is 0 Å². The first-order valence-corrected chi connectivity index (χ1v) is 4.11. The second-order valence-corrected chi connectivity index (χ2v) is 3.11. The molecule has 10 heavy (non-hydrogen) atoms. The summed E-state index contributed by atoms with van der Waals surface area (Å²) in [7, 11) is 0.